The number of aliphatic carboxylic acids is 1. The molecule has 3 amide bonds. The second-order valence-electron chi connectivity index (χ2n) is 14.3. The Morgan fingerprint density at radius 3 is 2.56 bits per heavy atom. The molecule has 50 heavy (non-hydrogen) atoms. The van der Waals surface area contributed by atoms with Crippen molar-refractivity contribution in [2.45, 2.75) is 95.0 Å². The Hall–Kier alpha value is -4.78. The third kappa shape index (κ3) is 7.52. The summed E-state index contributed by atoms with van der Waals surface area (Å²) in [5, 5.41) is 24.4. The van der Waals surface area contributed by atoms with Crippen LogP contribution in [0.15, 0.2) is 70.2 Å². The van der Waals surface area contributed by atoms with Crippen molar-refractivity contribution in [1.29, 1.82) is 0 Å². The normalized spacial score (nSPS) is 26.4. The molecule has 3 aliphatic rings. The fourth-order valence-corrected chi connectivity index (χ4v) is 7.54. The molecule has 2 aromatic heterocycles. The van der Waals surface area contributed by atoms with Crippen LogP contribution in [0.25, 0.3) is 22.4 Å². The monoisotopic (exact) mass is 701 g/mol. The van der Waals surface area contributed by atoms with Gasteiger partial charge in [0.1, 0.15) is 23.2 Å². The van der Waals surface area contributed by atoms with Crippen LogP contribution >= 0.6 is 11.3 Å². The molecule has 0 radical (unpaired) electrons. The minimum Gasteiger partial charge on any atom is -0.479 e. The molecule has 4 heterocycles. The average molecular weight is 702 g/mol. The molecule has 1 aromatic carbocycles. The first-order chi connectivity index (χ1) is 23.9. The Kier molecular flexibility index (Phi) is 9.97. The van der Waals surface area contributed by atoms with Gasteiger partial charge < -0.3 is 25.4 Å². The molecule has 2 aliphatic heterocycles. The predicted molar refractivity (Wildman–Crippen MR) is 188 cm³/mol. The molecule has 6 rings (SSSR count). The van der Waals surface area contributed by atoms with E-state index in [2.05, 4.69) is 10.6 Å². The van der Waals surface area contributed by atoms with Crippen LogP contribution in [0.2, 0.25) is 0 Å². The summed E-state index contributed by atoms with van der Waals surface area (Å²) >= 11 is 1.50. The summed E-state index contributed by atoms with van der Waals surface area (Å²) in [5.74, 6) is -2.65. The molecule has 264 valence electrons. The Labute approximate surface area is 294 Å². The van der Waals surface area contributed by atoms with Crippen LogP contribution in [0.1, 0.15) is 71.8 Å². The maximum atomic E-state index is 14.4. The highest BCUT2D eigenvalue weighted by atomic mass is 32.1. The zero-order valence-corrected chi connectivity index (χ0v) is 29.3. The van der Waals surface area contributed by atoms with E-state index in [1.807, 2.05) is 59.3 Å². The van der Waals surface area contributed by atoms with Crippen molar-refractivity contribution < 1.29 is 29.0 Å². The number of thiophene rings is 1. The summed E-state index contributed by atoms with van der Waals surface area (Å²) in [4.78, 5) is 69.1. The van der Waals surface area contributed by atoms with Gasteiger partial charge in [-0.05, 0) is 68.8 Å². The number of carbonyl (C=O) groups is 4. The van der Waals surface area contributed by atoms with Crippen LogP contribution in [-0.2, 0) is 19.1 Å². The molecular formula is C37H43N5O7S. The highest BCUT2D eigenvalue weighted by Crippen LogP contribution is 2.45. The Morgan fingerprint density at radius 1 is 1.08 bits per heavy atom. The molecule has 1 saturated carbocycles. The number of alkyl carbamates (subject to hydrolysis) is 1. The third-order valence-corrected chi connectivity index (χ3v) is 10.2. The van der Waals surface area contributed by atoms with E-state index in [9.17, 15) is 29.1 Å². The fraction of sp³-hybridized carbons (Fsp3) is 0.459. The predicted octanol–water partition coefficient (Wildman–Crippen LogP) is 5.15. The lowest BCUT2D eigenvalue weighted by molar-refractivity contribution is -0.145. The Balaban J connectivity index is 1.38. The molecule has 0 spiro atoms. The number of allylic oxidation sites excluding steroid dienone is 1. The van der Waals surface area contributed by atoms with Gasteiger partial charge in [0, 0.05) is 36.1 Å². The molecular weight excluding hydrogens is 659 g/mol. The number of amides is 3. The smallest absolute Gasteiger partial charge is 0.408 e. The minimum absolute atomic E-state index is 0.0197. The van der Waals surface area contributed by atoms with Crippen LogP contribution < -0.4 is 16.2 Å². The number of nitrogens with one attached hydrogen (secondary N) is 2. The molecule has 12 nitrogen and oxygen atoms in total. The van der Waals surface area contributed by atoms with Crippen molar-refractivity contribution in [3.8, 4) is 22.4 Å². The Bertz CT molecular complexity index is 1830. The highest BCUT2D eigenvalue weighted by Gasteiger charge is 2.61. The molecule has 2 fully saturated rings. The second-order valence-corrected chi connectivity index (χ2v) is 15.1. The van der Waals surface area contributed by atoms with E-state index in [0.717, 1.165) is 30.4 Å². The first-order valence-corrected chi connectivity index (χ1v) is 18.0. The topological polar surface area (TPSA) is 160 Å². The summed E-state index contributed by atoms with van der Waals surface area (Å²) in [6.45, 7) is 5.13. The molecule has 13 heteroatoms. The standard InChI is InChI=1S/C37H43N5O7S/c1-36(2,3)49-35(48)38-28-15-11-6-4-5-10-14-25-20-37(25,34(46)47)39-32(44)29-18-26(21-41(29)33(28)45)42-30(43)19-27(24-16-17-50-22-24)31(40-42)23-12-8-7-9-13-23/h7-10,12-14,16-17,19,22,25-26,28-29H,4-6,11,15,18,20-21H2,1-3H3,(H,38,48)(H,39,44)(H,46,47)/b14-10-/t25-,26-,28+,29+,37-/m1/s1. The zero-order valence-electron chi connectivity index (χ0n) is 28.5. The number of fused-ring (bicyclic) bond motifs is 2. The van der Waals surface area contributed by atoms with Gasteiger partial charge >= 0.3 is 12.1 Å². The highest BCUT2D eigenvalue weighted by molar-refractivity contribution is 7.08. The van der Waals surface area contributed by atoms with Gasteiger partial charge in [-0.15, -0.1) is 0 Å². The van der Waals surface area contributed by atoms with Crippen molar-refractivity contribution in [2.75, 3.05) is 6.54 Å². The number of carboxylic acids is 1. The van der Waals surface area contributed by atoms with Crippen LogP contribution in [-0.4, -0.2) is 73.4 Å². The number of hydrogen-bond donors (Lipinski definition) is 3. The van der Waals surface area contributed by atoms with Gasteiger partial charge in [0.25, 0.3) is 5.56 Å². The minimum atomic E-state index is -1.48. The van der Waals surface area contributed by atoms with Crippen molar-refractivity contribution in [3.05, 3.63) is 75.7 Å². The van der Waals surface area contributed by atoms with Crippen LogP contribution in [0.5, 0.6) is 0 Å². The third-order valence-electron chi connectivity index (χ3n) is 9.51. The molecule has 1 aliphatic carbocycles. The summed E-state index contributed by atoms with van der Waals surface area (Å²) in [5.41, 5.74) is 0.203. The van der Waals surface area contributed by atoms with Gasteiger partial charge in [0.15, 0.2) is 0 Å². The van der Waals surface area contributed by atoms with Crippen LogP contribution in [0.4, 0.5) is 4.79 Å². The summed E-state index contributed by atoms with van der Waals surface area (Å²) < 4.78 is 6.81. The molecule has 1 saturated heterocycles. The summed E-state index contributed by atoms with van der Waals surface area (Å²) in [6.07, 6.45) is 6.56. The van der Waals surface area contributed by atoms with Crippen LogP contribution in [0, 0.1) is 5.92 Å². The molecule has 5 atom stereocenters. The molecule has 0 unspecified atom stereocenters. The number of aromatic nitrogens is 2. The van der Waals surface area contributed by atoms with Gasteiger partial charge in [-0.2, -0.15) is 16.4 Å². The maximum absolute atomic E-state index is 14.4. The average Bonchev–Trinajstić information content (AvgIpc) is 3.39. The lowest BCUT2D eigenvalue weighted by Gasteiger charge is -2.30. The van der Waals surface area contributed by atoms with Crippen LogP contribution in [0.3, 0.4) is 0 Å². The van der Waals surface area contributed by atoms with Crippen molar-refractivity contribution >= 4 is 35.2 Å². The zero-order chi connectivity index (χ0) is 35.6. The van der Waals surface area contributed by atoms with E-state index in [0.29, 0.717) is 24.1 Å². The number of benzene rings is 1. The van der Waals surface area contributed by atoms with E-state index in [1.165, 1.54) is 27.0 Å². The first kappa shape index (κ1) is 35.1. The van der Waals surface area contributed by atoms with E-state index in [-0.39, 0.29) is 25.3 Å². The number of nitrogens with zero attached hydrogens (tertiary/aromatic N) is 3. The van der Waals surface area contributed by atoms with Gasteiger partial charge in [0.2, 0.25) is 11.8 Å². The summed E-state index contributed by atoms with van der Waals surface area (Å²) in [6, 6.07) is 10.1. The Morgan fingerprint density at radius 2 is 1.86 bits per heavy atom. The van der Waals surface area contributed by atoms with Gasteiger partial charge in [-0.1, -0.05) is 55.3 Å². The van der Waals surface area contributed by atoms with Crippen molar-refractivity contribution in [3.63, 3.8) is 0 Å². The first-order valence-electron chi connectivity index (χ1n) is 17.1. The molecule has 3 N–H and O–H groups in total. The van der Waals surface area contributed by atoms with E-state index in [1.54, 1.807) is 20.8 Å². The SMILES string of the molecule is CC(C)(C)OC(=O)N[C@H]1CCCCC/C=C\[C@@H]2C[C@@]2(C(=O)O)NC(=O)[C@@H]2C[C@@H](n3nc(-c4ccccc4)c(-c4ccsc4)cc3=O)CN2C1=O. The van der Waals surface area contributed by atoms with E-state index < -0.39 is 58.7 Å². The lowest BCUT2D eigenvalue weighted by atomic mass is 10.0. The van der Waals surface area contributed by atoms with Gasteiger partial charge in [0.05, 0.1) is 11.7 Å². The largest absolute Gasteiger partial charge is 0.479 e. The quantitative estimate of drug-likeness (QED) is 0.308. The van der Waals surface area contributed by atoms with Crippen molar-refractivity contribution in [2.24, 2.45) is 5.92 Å². The number of carboxylic acid groups (broad SMARTS) is 1. The second kappa shape index (κ2) is 14.2. The molecule has 0 bridgehead atoms. The number of carbonyl (C=O) groups excluding carboxylic acids is 3. The molecule has 3 aromatic rings. The number of rotatable bonds is 5. The van der Waals surface area contributed by atoms with E-state index >= 15 is 0 Å². The lowest BCUT2D eigenvalue weighted by Crippen LogP contribution is -2.56. The summed E-state index contributed by atoms with van der Waals surface area (Å²) in [7, 11) is 0. The van der Waals surface area contributed by atoms with Gasteiger partial charge in [-0.3, -0.25) is 14.4 Å². The fourth-order valence-electron chi connectivity index (χ4n) is 6.88. The van der Waals surface area contributed by atoms with Gasteiger partial charge in [-0.25, -0.2) is 14.3 Å². The maximum Gasteiger partial charge on any atom is 0.408 e. The van der Waals surface area contributed by atoms with Crippen molar-refractivity contribution in [1.82, 2.24) is 25.3 Å². The number of ether oxygens (including phenoxy) is 1. The number of hydrogen-bond acceptors (Lipinski definition) is 8. The van der Waals surface area contributed by atoms with E-state index in [4.69, 9.17) is 9.84 Å².